The van der Waals surface area contributed by atoms with Gasteiger partial charge in [0.25, 0.3) is 0 Å². The molecule has 1 aliphatic rings. The number of carbonyl (C=O) groups is 1. The predicted molar refractivity (Wildman–Crippen MR) is 141 cm³/mol. The fourth-order valence-electron chi connectivity index (χ4n) is 4.92. The molecule has 3 aromatic rings. The number of hydrogen-bond acceptors (Lipinski definition) is 3. The number of halogens is 1. The summed E-state index contributed by atoms with van der Waals surface area (Å²) in [5.74, 6) is 0.710. The molecule has 0 aliphatic heterocycles. The van der Waals surface area contributed by atoms with Crippen molar-refractivity contribution in [2.75, 3.05) is 20.3 Å². The fraction of sp³-hybridized carbons (Fsp3) is 0.433. The van der Waals surface area contributed by atoms with Gasteiger partial charge < -0.3 is 19.4 Å². The first-order valence-electron chi connectivity index (χ1n) is 13.0. The van der Waals surface area contributed by atoms with Crippen LogP contribution in [0.3, 0.4) is 0 Å². The fourth-order valence-corrected chi connectivity index (χ4v) is 4.92. The van der Waals surface area contributed by atoms with Crippen LogP contribution in [0.5, 0.6) is 5.75 Å². The molecule has 4 rings (SSSR count). The van der Waals surface area contributed by atoms with E-state index in [4.69, 9.17) is 9.47 Å². The Morgan fingerprint density at radius 1 is 1.08 bits per heavy atom. The highest BCUT2D eigenvalue weighted by Gasteiger charge is 2.23. The molecule has 36 heavy (non-hydrogen) atoms. The highest BCUT2D eigenvalue weighted by Crippen LogP contribution is 2.38. The van der Waals surface area contributed by atoms with E-state index in [-0.39, 0.29) is 17.8 Å². The molecule has 0 fully saturated rings. The van der Waals surface area contributed by atoms with Crippen molar-refractivity contribution in [3.63, 3.8) is 0 Å². The van der Waals surface area contributed by atoms with Crippen molar-refractivity contribution in [2.45, 2.75) is 65.0 Å². The lowest BCUT2D eigenvalue weighted by Crippen LogP contribution is -2.26. The Hall–Kier alpha value is -3.12. The summed E-state index contributed by atoms with van der Waals surface area (Å²) in [5, 5.41) is 3.02. The topological polar surface area (TPSA) is 52.5 Å². The summed E-state index contributed by atoms with van der Waals surface area (Å²) in [5.41, 5.74) is 7.15. The Bertz CT molecular complexity index is 1180. The summed E-state index contributed by atoms with van der Waals surface area (Å²) in [6.07, 6.45) is 4.75. The number of fused-ring (bicyclic) bond motifs is 3. The molecule has 1 heterocycles. The van der Waals surface area contributed by atoms with E-state index < -0.39 is 0 Å². The normalized spacial score (nSPS) is 12.4. The van der Waals surface area contributed by atoms with Gasteiger partial charge in [-0.25, -0.2) is 4.39 Å². The summed E-state index contributed by atoms with van der Waals surface area (Å²) < 4.78 is 27.1. The first kappa shape index (κ1) is 26.0. The van der Waals surface area contributed by atoms with Gasteiger partial charge in [0.2, 0.25) is 5.91 Å². The lowest BCUT2D eigenvalue weighted by atomic mass is 9.90. The van der Waals surface area contributed by atoms with Crippen LogP contribution in [-0.2, 0) is 41.8 Å². The zero-order chi connectivity index (χ0) is 25.5. The number of methoxy groups -OCH3 is 1. The molecule has 1 aromatic heterocycles. The summed E-state index contributed by atoms with van der Waals surface area (Å²) in [4.78, 5) is 12.5. The second-order valence-electron chi connectivity index (χ2n) is 9.69. The largest absolute Gasteiger partial charge is 0.497 e. The first-order chi connectivity index (χ1) is 17.4. The summed E-state index contributed by atoms with van der Waals surface area (Å²) in [6, 6.07) is 15.3. The number of carbonyl (C=O) groups excluding carboxylic acids is 1. The molecular formula is C30H37FN2O3. The van der Waals surface area contributed by atoms with E-state index in [1.54, 1.807) is 19.2 Å². The maximum absolute atomic E-state index is 13.8. The highest BCUT2D eigenvalue weighted by atomic mass is 19.1. The van der Waals surface area contributed by atoms with E-state index in [2.05, 4.69) is 28.1 Å². The van der Waals surface area contributed by atoms with Crippen molar-refractivity contribution in [3.8, 4) is 17.0 Å². The van der Waals surface area contributed by atoms with E-state index in [0.29, 0.717) is 26.0 Å². The molecule has 0 atom stereocenters. The second-order valence-corrected chi connectivity index (χ2v) is 9.69. The van der Waals surface area contributed by atoms with Crippen LogP contribution in [0.15, 0.2) is 48.5 Å². The molecule has 1 aliphatic carbocycles. The molecule has 0 saturated heterocycles. The van der Waals surface area contributed by atoms with Crippen molar-refractivity contribution < 1.29 is 18.7 Å². The lowest BCUT2D eigenvalue weighted by Gasteiger charge is -2.21. The zero-order valence-electron chi connectivity index (χ0n) is 21.6. The number of hydrogen-bond donors (Lipinski definition) is 1. The summed E-state index contributed by atoms with van der Waals surface area (Å²) in [6.45, 7) is 6.02. The molecular weight excluding hydrogens is 455 g/mol. The van der Waals surface area contributed by atoms with Crippen LogP contribution >= 0.6 is 0 Å². The Morgan fingerprint density at radius 3 is 2.69 bits per heavy atom. The average Bonchev–Trinajstić information content (AvgIpc) is 3.23. The predicted octanol–water partition coefficient (Wildman–Crippen LogP) is 5.51. The van der Waals surface area contributed by atoms with Crippen molar-refractivity contribution in [1.29, 1.82) is 0 Å². The van der Waals surface area contributed by atoms with Crippen LogP contribution in [0.1, 0.15) is 49.1 Å². The van der Waals surface area contributed by atoms with E-state index in [0.717, 1.165) is 49.2 Å². The zero-order valence-corrected chi connectivity index (χ0v) is 21.6. The Kier molecular flexibility index (Phi) is 8.81. The van der Waals surface area contributed by atoms with Crippen LogP contribution in [-0.4, -0.2) is 36.8 Å². The molecule has 0 saturated carbocycles. The van der Waals surface area contributed by atoms with Gasteiger partial charge in [-0.15, -0.1) is 0 Å². The third-order valence-corrected chi connectivity index (χ3v) is 6.71. The van der Waals surface area contributed by atoms with Gasteiger partial charge in [0.15, 0.2) is 0 Å². The molecule has 192 valence electrons. The molecule has 2 aromatic carbocycles. The third kappa shape index (κ3) is 6.55. The molecule has 0 bridgehead atoms. The van der Waals surface area contributed by atoms with Gasteiger partial charge in [0.05, 0.1) is 18.9 Å². The smallest absolute Gasteiger partial charge is 0.220 e. The van der Waals surface area contributed by atoms with E-state index >= 15 is 0 Å². The van der Waals surface area contributed by atoms with E-state index in [1.165, 1.54) is 28.5 Å². The van der Waals surface area contributed by atoms with Gasteiger partial charge >= 0.3 is 0 Å². The standard InChI is InChI=1S/C30H37FN2O3/c1-21(2)36-17-5-15-32-29(34)13-10-26-19-24-9-8-23-20-27(35-3)11-12-28(23)30(24)33(26)16-14-22-6-4-7-25(31)18-22/h4,6-7,11-12,18-21H,5,8-10,13-17H2,1-3H3,(H,32,34). The monoisotopic (exact) mass is 492 g/mol. The lowest BCUT2D eigenvalue weighted by molar-refractivity contribution is -0.121. The molecule has 1 N–H and O–H groups in total. The first-order valence-corrected chi connectivity index (χ1v) is 13.0. The molecule has 1 amide bonds. The molecule has 0 radical (unpaired) electrons. The number of benzene rings is 2. The maximum atomic E-state index is 13.8. The average molecular weight is 493 g/mol. The molecule has 6 heteroatoms. The van der Waals surface area contributed by atoms with Crippen molar-refractivity contribution >= 4 is 5.91 Å². The van der Waals surface area contributed by atoms with Crippen LogP contribution in [0, 0.1) is 5.82 Å². The van der Waals surface area contributed by atoms with Crippen molar-refractivity contribution in [3.05, 3.63) is 76.7 Å². The van der Waals surface area contributed by atoms with Crippen LogP contribution < -0.4 is 10.1 Å². The molecule has 0 spiro atoms. The SMILES string of the molecule is COc1ccc2c(c1)CCc1cc(CCC(=O)NCCCOC(C)C)n(CCc3cccc(F)c3)c1-2. The third-order valence-electron chi connectivity index (χ3n) is 6.71. The minimum absolute atomic E-state index is 0.0561. The maximum Gasteiger partial charge on any atom is 0.220 e. The summed E-state index contributed by atoms with van der Waals surface area (Å²) >= 11 is 0. The van der Waals surface area contributed by atoms with Gasteiger partial charge in [0.1, 0.15) is 11.6 Å². The van der Waals surface area contributed by atoms with Crippen LogP contribution in [0.2, 0.25) is 0 Å². The second kappa shape index (κ2) is 12.2. The van der Waals surface area contributed by atoms with Gasteiger partial charge in [0, 0.05) is 37.4 Å². The van der Waals surface area contributed by atoms with Crippen molar-refractivity contribution in [1.82, 2.24) is 9.88 Å². The number of nitrogens with zero attached hydrogens (tertiary/aromatic N) is 1. The number of rotatable bonds is 12. The minimum atomic E-state index is -0.213. The summed E-state index contributed by atoms with van der Waals surface area (Å²) in [7, 11) is 1.69. The Balaban J connectivity index is 1.51. The molecule has 0 unspecified atom stereocenters. The number of nitrogens with one attached hydrogen (secondary N) is 1. The Morgan fingerprint density at radius 2 is 1.92 bits per heavy atom. The number of aromatic nitrogens is 1. The van der Waals surface area contributed by atoms with Crippen LogP contribution in [0.4, 0.5) is 4.39 Å². The van der Waals surface area contributed by atoms with E-state index in [1.807, 2.05) is 26.0 Å². The van der Waals surface area contributed by atoms with Gasteiger partial charge in [-0.2, -0.15) is 0 Å². The van der Waals surface area contributed by atoms with Crippen LogP contribution in [0.25, 0.3) is 11.3 Å². The van der Waals surface area contributed by atoms with Gasteiger partial charge in [-0.05, 0) is 99.0 Å². The van der Waals surface area contributed by atoms with Gasteiger partial charge in [-0.1, -0.05) is 12.1 Å². The molecule has 5 nitrogen and oxygen atoms in total. The van der Waals surface area contributed by atoms with E-state index in [9.17, 15) is 9.18 Å². The number of amides is 1. The van der Waals surface area contributed by atoms with Crippen molar-refractivity contribution in [2.24, 2.45) is 0 Å². The Labute approximate surface area is 213 Å². The number of aryl methyl sites for hydroxylation is 4. The quantitative estimate of drug-likeness (QED) is 0.339. The van der Waals surface area contributed by atoms with Gasteiger partial charge in [-0.3, -0.25) is 4.79 Å². The number of ether oxygens (including phenoxy) is 2. The minimum Gasteiger partial charge on any atom is -0.497 e. The highest BCUT2D eigenvalue weighted by molar-refractivity contribution is 5.76.